The van der Waals surface area contributed by atoms with Gasteiger partial charge in [-0.15, -0.1) is 12.4 Å². The molecule has 1 aliphatic heterocycles. The summed E-state index contributed by atoms with van der Waals surface area (Å²) in [7, 11) is 0. The highest BCUT2D eigenvalue weighted by molar-refractivity contribution is 6.30. The molecular weight excluding hydrogens is 286 g/mol. The maximum absolute atomic E-state index is 13.3. The summed E-state index contributed by atoms with van der Waals surface area (Å²) < 4.78 is 13.3. The maximum Gasteiger partial charge on any atom is 0.125 e. The van der Waals surface area contributed by atoms with Gasteiger partial charge in [0.15, 0.2) is 0 Å². The molecule has 0 saturated carbocycles. The summed E-state index contributed by atoms with van der Waals surface area (Å²) in [6, 6.07) is 4.95. The Hall–Kier alpha value is -0.350. The van der Waals surface area contributed by atoms with Gasteiger partial charge in [-0.2, -0.15) is 0 Å². The number of hydrogen-bond donors (Lipinski definition) is 1. The molecule has 2 nitrogen and oxygen atoms in total. The van der Waals surface area contributed by atoms with Crippen molar-refractivity contribution in [3.8, 4) is 0 Å². The largest absolute Gasteiger partial charge is 0.327 e. The van der Waals surface area contributed by atoms with E-state index in [0.29, 0.717) is 5.02 Å². The quantitative estimate of drug-likeness (QED) is 0.906. The minimum Gasteiger partial charge on any atom is -0.327 e. The van der Waals surface area contributed by atoms with Crippen molar-refractivity contribution in [2.24, 2.45) is 11.1 Å². The van der Waals surface area contributed by atoms with Crippen molar-refractivity contribution in [2.75, 3.05) is 13.1 Å². The minimum atomic E-state index is -0.273. The molecule has 1 atom stereocenters. The van der Waals surface area contributed by atoms with Gasteiger partial charge in [0.2, 0.25) is 0 Å². The van der Waals surface area contributed by atoms with E-state index in [1.807, 2.05) is 6.07 Å². The van der Waals surface area contributed by atoms with Crippen LogP contribution in [0.1, 0.15) is 25.8 Å². The molecule has 1 aromatic rings. The first kappa shape index (κ1) is 16.7. The second-order valence-corrected chi connectivity index (χ2v) is 6.31. The van der Waals surface area contributed by atoms with Crippen LogP contribution in [-0.2, 0) is 6.54 Å². The smallest absolute Gasteiger partial charge is 0.125 e. The van der Waals surface area contributed by atoms with E-state index in [4.69, 9.17) is 17.3 Å². The molecule has 1 aromatic carbocycles. The normalized spacial score (nSPS) is 22.9. The summed E-state index contributed by atoms with van der Waals surface area (Å²) in [5, 5.41) is 0.456. The van der Waals surface area contributed by atoms with Crippen LogP contribution in [0.5, 0.6) is 0 Å². The Labute approximate surface area is 125 Å². The molecule has 0 spiro atoms. The second-order valence-electron chi connectivity index (χ2n) is 5.87. The molecule has 1 saturated heterocycles. The Morgan fingerprint density at radius 2 is 2.11 bits per heavy atom. The van der Waals surface area contributed by atoms with Crippen molar-refractivity contribution in [3.05, 3.63) is 34.6 Å². The molecule has 1 unspecified atom stereocenters. The highest BCUT2D eigenvalue weighted by Gasteiger charge is 2.33. The molecule has 5 heteroatoms. The van der Waals surface area contributed by atoms with E-state index in [9.17, 15) is 4.39 Å². The molecule has 108 valence electrons. The maximum atomic E-state index is 13.3. The lowest BCUT2D eigenvalue weighted by atomic mass is 9.79. The number of rotatable bonds is 2. The monoisotopic (exact) mass is 306 g/mol. The summed E-state index contributed by atoms with van der Waals surface area (Å²) in [6.07, 6.45) is 0.982. The van der Waals surface area contributed by atoms with Gasteiger partial charge < -0.3 is 5.73 Å². The third-order valence-electron chi connectivity index (χ3n) is 3.72. The molecule has 0 bridgehead atoms. The number of halogens is 3. The van der Waals surface area contributed by atoms with E-state index >= 15 is 0 Å². The zero-order chi connectivity index (χ0) is 13.3. The van der Waals surface area contributed by atoms with Crippen molar-refractivity contribution >= 4 is 24.0 Å². The Morgan fingerprint density at radius 3 is 2.68 bits per heavy atom. The van der Waals surface area contributed by atoms with Gasteiger partial charge in [-0.05, 0) is 35.6 Å². The van der Waals surface area contributed by atoms with Crippen LogP contribution in [0.25, 0.3) is 0 Å². The lowest BCUT2D eigenvalue weighted by Crippen LogP contribution is -2.52. The van der Waals surface area contributed by atoms with Gasteiger partial charge in [0, 0.05) is 30.7 Å². The minimum absolute atomic E-state index is 0. The first-order valence-electron chi connectivity index (χ1n) is 6.30. The van der Waals surface area contributed by atoms with Crippen LogP contribution in [0.3, 0.4) is 0 Å². The molecule has 0 aromatic heterocycles. The van der Waals surface area contributed by atoms with Gasteiger partial charge >= 0.3 is 0 Å². The first-order valence-corrected chi connectivity index (χ1v) is 6.67. The van der Waals surface area contributed by atoms with Gasteiger partial charge in [0.25, 0.3) is 0 Å². The summed E-state index contributed by atoms with van der Waals surface area (Å²) in [5.41, 5.74) is 7.14. The molecule has 2 N–H and O–H groups in total. The first-order chi connectivity index (χ1) is 8.37. The molecule has 0 radical (unpaired) electrons. The Morgan fingerprint density at radius 1 is 1.42 bits per heavy atom. The number of likely N-dealkylation sites (tertiary alicyclic amines) is 1. The highest BCUT2D eigenvalue weighted by Crippen LogP contribution is 2.28. The third kappa shape index (κ3) is 4.32. The van der Waals surface area contributed by atoms with E-state index in [2.05, 4.69) is 18.7 Å². The SMILES string of the molecule is CC1(C)CN(Cc2cc(F)cc(Cl)c2)CCC1N.Cl. The fourth-order valence-corrected chi connectivity index (χ4v) is 2.82. The standard InChI is InChI=1S/C14H20ClFN2.ClH/c1-14(2)9-18(4-3-13(14)17)8-10-5-11(15)7-12(16)6-10;/h5-7,13H,3-4,8-9,17H2,1-2H3;1H. The van der Waals surface area contributed by atoms with Crippen molar-refractivity contribution in [1.82, 2.24) is 4.90 Å². The van der Waals surface area contributed by atoms with Crippen LogP contribution in [0.4, 0.5) is 4.39 Å². The molecule has 0 amide bonds. The molecule has 19 heavy (non-hydrogen) atoms. The zero-order valence-electron chi connectivity index (χ0n) is 11.3. The predicted molar refractivity (Wildman–Crippen MR) is 80.3 cm³/mol. The number of nitrogens with zero attached hydrogens (tertiary/aromatic N) is 1. The molecule has 1 fully saturated rings. The van der Waals surface area contributed by atoms with E-state index in [-0.39, 0.29) is 29.7 Å². The van der Waals surface area contributed by atoms with Crippen molar-refractivity contribution in [3.63, 3.8) is 0 Å². The van der Waals surface area contributed by atoms with Crippen LogP contribution in [0.2, 0.25) is 5.02 Å². The summed E-state index contributed by atoms with van der Waals surface area (Å²) >= 11 is 5.87. The van der Waals surface area contributed by atoms with Gasteiger partial charge in [-0.25, -0.2) is 4.39 Å². The fourth-order valence-electron chi connectivity index (χ4n) is 2.58. The summed E-state index contributed by atoms with van der Waals surface area (Å²) in [4.78, 5) is 2.31. The van der Waals surface area contributed by atoms with Crippen LogP contribution in [-0.4, -0.2) is 24.0 Å². The average molecular weight is 307 g/mol. The summed E-state index contributed by atoms with van der Waals surface area (Å²) in [5.74, 6) is -0.273. The molecule has 1 heterocycles. The van der Waals surface area contributed by atoms with Crippen molar-refractivity contribution in [1.29, 1.82) is 0 Å². The molecule has 2 rings (SSSR count). The molecule has 1 aliphatic rings. The van der Waals surface area contributed by atoms with Gasteiger partial charge in [0.1, 0.15) is 5.82 Å². The van der Waals surface area contributed by atoms with E-state index in [1.54, 1.807) is 6.07 Å². The number of benzene rings is 1. The Balaban J connectivity index is 0.00000180. The average Bonchev–Trinajstić information content (AvgIpc) is 2.21. The lowest BCUT2D eigenvalue weighted by molar-refractivity contribution is 0.0898. The topological polar surface area (TPSA) is 29.3 Å². The van der Waals surface area contributed by atoms with Gasteiger partial charge in [-0.1, -0.05) is 25.4 Å². The van der Waals surface area contributed by atoms with Gasteiger partial charge in [-0.3, -0.25) is 4.90 Å². The number of nitrogens with two attached hydrogens (primary N) is 1. The van der Waals surface area contributed by atoms with Crippen LogP contribution in [0, 0.1) is 11.2 Å². The highest BCUT2D eigenvalue weighted by atomic mass is 35.5. The molecule has 0 aliphatic carbocycles. The number of piperidine rings is 1. The summed E-state index contributed by atoms with van der Waals surface area (Å²) in [6.45, 7) is 6.99. The Kier molecular flexibility index (Phi) is 5.63. The van der Waals surface area contributed by atoms with Crippen LogP contribution >= 0.6 is 24.0 Å². The third-order valence-corrected chi connectivity index (χ3v) is 3.94. The van der Waals surface area contributed by atoms with Crippen LogP contribution in [0.15, 0.2) is 18.2 Å². The van der Waals surface area contributed by atoms with Crippen molar-refractivity contribution < 1.29 is 4.39 Å². The van der Waals surface area contributed by atoms with E-state index < -0.39 is 0 Å². The van der Waals surface area contributed by atoms with Gasteiger partial charge in [0.05, 0.1) is 0 Å². The predicted octanol–water partition coefficient (Wildman–Crippen LogP) is 3.46. The fraction of sp³-hybridized carbons (Fsp3) is 0.571. The Bertz CT molecular complexity index is 417. The second kappa shape index (κ2) is 6.40. The zero-order valence-corrected chi connectivity index (χ0v) is 12.9. The van der Waals surface area contributed by atoms with E-state index in [1.165, 1.54) is 6.07 Å². The van der Waals surface area contributed by atoms with Crippen molar-refractivity contribution in [2.45, 2.75) is 32.9 Å². The van der Waals surface area contributed by atoms with Crippen LogP contribution < -0.4 is 5.73 Å². The van der Waals surface area contributed by atoms with E-state index in [0.717, 1.165) is 31.6 Å². The lowest BCUT2D eigenvalue weighted by Gasteiger charge is -2.42. The number of hydrogen-bond acceptors (Lipinski definition) is 2. The molecular formula is C14H21Cl2FN2.